The number of sulfonamides is 1. The Balaban J connectivity index is 2.03. The summed E-state index contributed by atoms with van der Waals surface area (Å²) in [7, 11) is -4.10. The van der Waals surface area contributed by atoms with Crippen molar-refractivity contribution in [1.29, 1.82) is 0 Å². The molecular formula is C30H36BrN3O4S. The van der Waals surface area contributed by atoms with Gasteiger partial charge in [-0.2, -0.15) is 0 Å². The lowest BCUT2D eigenvalue weighted by molar-refractivity contribution is -0.140. The highest BCUT2D eigenvalue weighted by atomic mass is 79.9. The number of hydrogen-bond acceptors (Lipinski definition) is 4. The third kappa shape index (κ3) is 8.16. The number of nitrogens with zero attached hydrogens (tertiary/aromatic N) is 2. The summed E-state index contributed by atoms with van der Waals surface area (Å²) in [6.07, 6.45) is 0.379. The Labute approximate surface area is 240 Å². The predicted octanol–water partition coefficient (Wildman–Crippen LogP) is 5.53. The summed E-state index contributed by atoms with van der Waals surface area (Å²) in [5, 5.41) is 2.94. The lowest BCUT2D eigenvalue weighted by Crippen LogP contribution is -2.52. The van der Waals surface area contributed by atoms with Gasteiger partial charge in [-0.1, -0.05) is 90.8 Å². The van der Waals surface area contributed by atoms with Gasteiger partial charge >= 0.3 is 0 Å². The minimum absolute atomic E-state index is 0.0807. The van der Waals surface area contributed by atoms with Crippen LogP contribution in [0.1, 0.15) is 38.3 Å². The zero-order valence-corrected chi connectivity index (χ0v) is 25.2. The SMILES string of the molecule is CC[C@H](C(=O)NCC(C)C)N(Cc1ccccc1)C(=O)CN(c1cccc(Br)c1)S(=O)(=O)c1ccc(C)cc1. The molecule has 0 aromatic heterocycles. The first-order valence-corrected chi connectivity index (χ1v) is 15.2. The molecule has 3 aromatic carbocycles. The van der Waals surface area contributed by atoms with E-state index < -0.39 is 28.5 Å². The summed E-state index contributed by atoms with van der Waals surface area (Å²) in [4.78, 5) is 28.8. The van der Waals surface area contributed by atoms with Crippen LogP contribution in [0.25, 0.3) is 0 Å². The van der Waals surface area contributed by atoms with Gasteiger partial charge in [-0.15, -0.1) is 0 Å². The molecule has 0 saturated heterocycles. The topological polar surface area (TPSA) is 86.8 Å². The summed E-state index contributed by atoms with van der Waals surface area (Å²) in [6.45, 7) is 7.91. The molecule has 3 aromatic rings. The summed E-state index contributed by atoms with van der Waals surface area (Å²) >= 11 is 3.41. The zero-order chi connectivity index (χ0) is 28.6. The maximum absolute atomic E-state index is 14.0. The van der Waals surface area contributed by atoms with Crippen molar-refractivity contribution in [2.24, 2.45) is 5.92 Å². The fourth-order valence-corrected chi connectivity index (χ4v) is 5.91. The Kier molecular flexibility index (Phi) is 10.7. The fourth-order valence-electron chi connectivity index (χ4n) is 4.12. The second kappa shape index (κ2) is 13.8. The Morgan fingerprint density at radius 1 is 0.949 bits per heavy atom. The van der Waals surface area contributed by atoms with Gasteiger partial charge in [0.25, 0.3) is 10.0 Å². The molecule has 0 spiro atoms. The van der Waals surface area contributed by atoms with E-state index in [0.29, 0.717) is 23.1 Å². The van der Waals surface area contributed by atoms with Crippen LogP contribution in [0.4, 0.5) is 5.69 Å². The van der Waals surface area contributed by atoms with Gasteiger partial charge in [0.1, 0.15) is 12.6 Å². The summed E-state index contributed by atoms with van der Waals surface area (Å²) < 4.78 is 29.6. The number of nitrogens with one attached hydrogen (secondary N) is 1. The minimum atomic E-state index is -4.10. The van der Waals surface area contributed by atoms with Gasteiger partial charge in [0.05, 0.1) is 10.6 Å². The largest absolute Gasteiger partial charge is 0.354 e. The van der Waals surface area contributed by atoms with Crippen molar-refractivity contribution in [1.82, 2.24) is 10.2 Å². The molecule has 7 nitrogen and oxygen atoms in total. The normalized spacial score (nSPS) is 12.2. The van der Waals surface area contributed by atoms with Crippen LogP contribution in [0, 0.1) is 12.8 Å². The Bertz CT molecular complexity index is 1360. The predicted molar refractivity (Wildman–Crippen MR) is 159 cm³/mol. The standard InChI is InChI=1S/C30H36BrN3O4S/c1-5-28(30(36)32-19-22(2)3)33(20-24-10-7-6-8-11-24)29(35)21-34(26-13-9-12-25(31)18-26)39(37,38)27-16-14-23(4)15-17-27/h6-18,22,28H,5,19-21H2,1-4H3,(H,32,36)/t28-/m1/s1. The molecule has 0 heterocycles. The summed E-state index contributed by atoms with van der Waals surface area (Å²) in [5.74, 6) is -0.483. The van der Waals surface area contributed by atoms with E-state index in [2.05, 4.69) is 21.2 Å². The number of halogens is 1. The van der Waals surface area contributed by atoms with Gasteiger partial charge in [0.15, 0.2) is 0 Å². The first-order chi connectivity index (χ1) is 18.5. The minimum Gasteiger partial charge on any atom is -0.354 e. The summed E-state index contributed by atoms with van der Waals surface area (Å²) in [6, 6.07) is 22.0. The third-order valence-electron chi connectivity index (χ3n) is 6.25. The lowest BCUT2D eigenvalue weighted by atomic mass is 10.1. The monoisotopic (exact) mass is 613 g/mol. The molecule has 0 aliphatic carbocycles. The van der Waals surface area contributed by atoms with Gasteiger partial charge in [0, 0.05) is 17.6 Å². The quantitative estimate of drug-likeness (QED) is 0.291. The number of anilines is 1. The van der Waals surface area contributed by atoms with Crippen molar-refractivity contribution < 1.29 is 18.0 Å². The second-order valence-corrected chi connectivity index (χ2v) is 12.7. The zero-order valence-electron chi connectivity index (χ0n) is 22.8. The maximum atomic E-state index is 14.0. The molecule has 0 aliphatic heterocycles. The van der Waals surface area contributed by atoms with Crippen molar-refractivity contribution in [2.45, 2.75) is 51.6 Å². The van der Waals surface area contributed by atoms with Crippen molar-refractivity contribution >= 4 is 43.5 Å². The average molecular weight is 615 g/mol. The Morgan fingerprint density at radius 2 is 1.62 bits per heavy atom. The molecule has 0 radical (unpaired) electrons. The molecule has 0 saturated carbocycles. The van der Waals surface area contributed by atoms with Gasteiger partial charge in [0.2, 0.25) is 11.8 Å². The van der Waals surface area contributed by atoms with Crippen molar-refractivity contribution in [3.05, 3.63) is 94.5 Å². The Hall–Kier alpha value is -3.17. The smallest absolute Gasteiger partial charge is 0.264 e. The van der Waals surface area contributed by atoms with Crippen molar-refractivity contribution in [3.8, 4) is 0 Å². The van der Waals surface area contributed by atoms with Crippen LogP contribution in [0.2, 0.25) is 0 Å². The molecule has 0 unspecified atom stereocenters. The second-order valence-electron chi connectivity index (χ2n) is 9.87. The van der Waals surface area contributed by atoms with Crippen LogP contribution in [0.5, 0.6) is 0 Å². The molecule has 208 valence electrons. The van der Waals surface area contributed by atoms with Crippen LogP contribution < -0.4 is 9.62 Å². The van der Waals surface area contributed by atoms with Crippen molar-refractivity contribution in [2.75, 3.05) is 17.4 Å². The molecule has 9 heteroatoms. The van der Waals surface area contributed by atoms with Gasteiger partial charge < -0.3 is 10.2 Å². The molecule has 0 bridgehead atoms. The number of carbonyl (C=O) groups excluding carboxylic acids is 2. The number of rotatable bonds is 12. The summed E-state index contributed by atoms with van der Waals surface area (Å²) in [5.41, 5.74) is 2.11. The first kappa shape index (κ1) is 30.4. The fraction of sp³-hybridized carbons (Fsp3) is 0.333. The molecule has 3 rings (SSSR count). The van der Waals surface area contributed by atoms with E-state index in [1.54, 1.807) is 36.4 Å². The highest BCUT2D eigenvalue weighted by Crippen LogP contribution is 2.27. The highest BCUT2D eigenvalue weighted by Gasteiger charge is 2.33. The van der Waals surface area contributed by atoms with E-state index in [-0.39, 0.29) is 23.3 Å². The molecule has 39 heavy (non-hydrogen) atoms. The molecular weight excluding hydrogens is 578 g/mol. The van der Waals surface area contributed by atoms with E-state index in [1.165, 1.54) is 17.0 Å². The van der Waals surface area contributed by atoms with E-state index >= 15 is 0 Å². The number of carbonyl (C=O) groups is 2. The van der Waals surface area contributed by atoms with Gasteiger partial charge in [-0.3, -0.25) is 13.9 Å². The third-order valence-corrected chi connectivity index (χ3v) is 8.53. The molecule has 1 N–H and O–H groups in total. The number of benzene rings is 3. The van der Waals surface area contributed by atoms with E-state index in [0.717, 1.165) is 15.4 Å². The van der Waals surface area contributed by atoms with Crippen LogP contribution in [-0.4, -0.2) is 44.3 Å². The van der Waals surface area contributed by atoms with Crippen LogP contribution >= 0.6 is 15.9 Å². The molecule has 1 atom stereocenters. The number of amides is 2. The maximum Gasteiger partial charge on any atom is 0.264 e. The molecule has 0 aliphatic rings. The van der Waals surface area contributed by atoms with Crippen molar-refractivity contribution in [3.63, 3.8) is 0 Å². The lowest BCUT2D eigenvalue weighted by Gasteiger charge is -2.33. The molecule has 2 amide bonds. The highest BCUT2D eigenvalue weighted by molar-refractivity contribution is 9.10. The average Bonchev–Trinajstić information content (AvgIpc) is 2.91. The van der Waals surface area contributed by atoms with Gasteiger partial charge in [-0.05, 0) is 55.2 Å². The Morgan fingerprint density at radius 3 is 2.21 bits per heavy atom. The van der Waals surface area contributed by atoms with E-state index in [9.17, 15) is 18.0 Å². The van der Waals surface area contributed by atoms with Gasteiger partial charge in [-0.25, -0.2) is 8.42 Å². The first-order valence-electron chi connectivity index (χ1n) is 13.0. The number of aryl methyl sites for hydroxylation is 1. The number of hydrogen-bond donors (Lipinski definition) is 1. The van der Waals surface area contributed by atoms with Crippen LogP contribution in [0.15, 0.2) is 88.2 Å². The van der Waals surface area contributed by atoms with Crippen LogP contribution in [-0.2, 0) is 26.2 Å². The van der Waals surface area contributed by atoms with E-state index in [1.807, 2.05) is 58.0 Å². The van der Waals surface area contributed by atoms with E-state index in [4.69, 9.17) is 0 Å². The molecule has 0 fully saturated rings. The van der Waals surface area contributed by atoms with Crippen LogP contribution in [0.3, 0.4) is 0 Å².